The van der Waals surface area contributed by atoms with Crippen LogP contribution in [-0.4, -0.2) is 33.7 Å². The first kappa shape index (κ1) is 14.1. The molecule has 17 heavy (non-hydrogen) atoms. The lowest BCUT2D eigenvalue weighted by Gasteiger charge is -2.09. The Balaban J connectivity index is 2.73. The summed E-state index contributed by atoms with van der Waals surface area (Å²) >= 11 is 0. The van der Waals surface area contributed by atoms with Gasteiger partial charge >= 0.3 is 0 Å². The van der Waals surface area contributed by atoms with Crippen LogP contribution in [0.1, 0.15) is 5.56 Å². The SMILES string of the molecule is Cc1ccc(S(=O)(=O)NCCS(=O)(=O)[O-])cc1. The molecule has 0 radical (unpaired) electrons. The van der Waals surface area contributed by atoms with E-state index in [1.807, 2.05) is 11.6 Å². The van der Waals surface area contributed by atoms with Crippen molar-refractivity contribution >= 4 is 20.1 Å². The molecule has 0 aromatic heterocycles. The van der Waals surface area contributed by atoms with E-state index >= 15 is 0 Å². The van der Waals surface area contributed by atoms with Crippen LogP contribution in [0, 0.1) is 6.92 Å². The zero-order chi connectivity index (χ0) is 13.1. The minimum absolute atomic E-state index is 0.0337. The second kappa shape index (κ2) is 5.13. The van der Waals surface area contributed by atoms with Gasteiger partial charge < -0.3 is 4.55 Å². The molecule has 1 aromatic carbocycles. The molecule has 0 amide bonds. The first-order valence-electron chi connectivity index (χ1n) is 4.71. The van der Waals surface area contributed by atoms with Gasteiger partial charge in [0.2, 0.25) is 10.0 Å². The zero-order valence-corrected chi connectivity index (χ0v) is 10.7. The standard InChI is InChI=1S/C9H13NO5S2/c1-8-2-4-9(5-3-8)17(14,15)10-6-7-16(11,12)13/h2-5,10H,6-7H2,1H3,(H,11,12,13)/p-1. The summed E-state index contributed by atoms with van der Waals surface area (Å²) in [5.41, 5.74) is 0.908. The van der Waals surface area contributed by atoms with Gasteiger partial charge in [-0.25, -0.2) is 21.6 Å². The Kier molecular flexibility index (Phi) is 4.26. The summed E-state index contributed by atoms with van der Waals surface area (Å²) in [5.74, 6) is -0.766. The van der Waals surface area contributed by atoms with Crippen LogP contribution < -0.4 is 4.72 Å². The number of hydrogen-bond donors (Lipinski definition) is 1. The van der Waals surface area contributed by atoms with E-state index < -0.39 is 32.4 Å². The van der Waals surface area contributed by atoms with E-state index in [0.717, 1.165) is 5.56 Å². The predicted octanol–water partition coefficient (Wildman–Crippen LogP) is -0.181. The first-order chi connectivity index (χ1) is 7.71. The third-order valence-corrected chi connectivity index (χ3v) is 4.16. The van der Waals surface area contributed by atoms with Crippen molar-refractivity contribution in [2.75, 3.05) is 12.3 Å². The Morgan fingerprint density at radius 3 is 2.12 bits per heavy atom. The highest BCUT2D eigenvalue weighted by atomic mass is 32.2. The van der Waals surface area contributed by atoms with Crippen LogP contribution in [0.25, 0.3) is 0 Å². The third kappa shape index (κ3) is 4.82. The molecule has 0 atom stereocenters. The largest absolute Gasteiger partial charge is 0.748 e. The summed E-state index contributed by atoms with van der Waals surface area (Å²) in [6, 6.07) is 6.06. The predicted molar refractivity (Wildman–Crippen MR) is 60.9 cm³/mol. The van der Waals surface area contributed by atoms with E-state index in [1.54, 1.807) is 12.1 Å². The van der Waals surface area contributed by atoms with Gasteiger partial charge in [0.05, 0.1) is 20.8 Å². The van der Waals surface area contributed by atoms with E-state index in [1.165, 1.54) is 12.1 Å². The molecule has 1 N–H and O–H groups in total. The molecule has 0 unspecified atom stereocenters. The number of sulfonamides is 1. The van der Waals surface area contributed by atoms with Crippen LogP contribution in [0.15, 0.2) is 29.2 Å². The summed E-state index contributed by atoms with van der Waals surface area (Å²) in [7, 11) is -8.17. The Hall–Kier alpha value is -0.960. The normalized spacial score (nSPS) is 12.6. The fourth-order valence-electron chi connectivity index (χ4n) is 1.10. The third-order valence-electron chi connectivity index (χ3n) is 1.98. The Bertz CT molecular complexity index is 574. The minimum atomic E-state index is -4.41. The monoisotopic (exact) mass is 278 g/mol. The van der Waals surface area contributed by atoms with E-state index in [0.29, 0.717) is 0 Å². The van der Waals surface area contributed by atoms with Gasteiger partial charge in [-0.05, 0) is 19.1 Å². The molecule has 0 fully saturated rings. The Labute approximate surface area is 100 Å². The van der Waals surface area contributed by atoms with Crippen LogP contribution in [-0.2, 0) is 20.1 Å². The van der Waals surface area contributed by atoms with Gasteiger partial charge in [0.15, 0.2) is 0 Å². The Morgan fingerprint density at radius 2 is 1.65 bits per heavy atom. The fourth-order valence-corrected chi connectivity index (χ4v) is 2.61. The molecule has 0 saturated carbocycles. The molecule has 96 valence electrons. The van der Waals surface area contributed by atoms with Gasteiger partial charge in [0.25, 0.3) is 0 Å². The van der Waals surface area contributed by atoms with E-state index in [-0.39, 0.29) is 4.90 Å². The lowest BCUT2D eigenvalue weighted by atomic mass is 10.2. The number of hydrogen-bond acceptors (Lipinski definition) is 5. The highest BCUT2D eigenvalue weighted by Crippen LogP contribution is 2.09. The molecule has 6 nitrogen and oxygen atoms in total. The molecule has 8 heteroatoms. The molecule has 1 rings (SSSR count). The molecular formula is C9H12NO5S2-. The van der Waals surface area contributed by atoms with Crippen LogP contribution in [0.2, 0.25) is 0 Å². The van der Waals surface area contributed by atoms with Crippen molar-refractivity contribution in [2.24, 2.45) is 0 Å². The van der Waals surface area contributed by atoms with Gasteiger partial charge in [-0.15, -0.1) is 0 Å². The maximum Gasteiger partial charge on any atom is 0.240 e. The van der Waals surface area contributed by atoms with Crippen molar-refractivity contribution in [1.29, 1.82) is 0 Å². The Morgan fingerprint density at radius 1 is 1.12 bits per heavy atom. The highest BCUT2D eigenvalue weighted by Gasteiger charge is 2.13. The van der Waals surface area contributed by atoms with Gasteiger partial charge in [-0.2, -0.15) is 0 Å². The lowest BCUT2D eigenvalue weighted by Crippen LogP contribution is -2.29. The molecule has 0 aliphatic carbocycles. The van der Waals surface area contributed by atoms with Crippen molar-refractivity contribution in [2.45, 2.75) is 11.8 Å². The molecule has 0 heterocycles. The molecule has 0 aliphatic heterocycles. The van der Waals surface area contributed by atoms with Crippen molar-refractivity contribution in [1.82, 2.24) is 4.72 Å². The summed E-state index contributed by atoms with van der Waals surface area (Å²) in [4.78, 5) is 0.0337. The topological polar surface area (TPSA) is 103 Å². The fraction of sp³-hybridized carbons (Fsp3) is 0.333. The van der Waals surface area contributed by atoms with Gasteiger partial charge in [0, 0.05) is 6.54 Å². The molecule has 0 bridgehead atoms. The van der Waals surface area contributed by atoms with Gasteiger partial charge in [0.1, 0.15) is 0 Å². The molecule has 1 aromatic rings. The molecular weight excluding hydrogens is 266 g/mol. The quantitative estimate of drug-likeness (QED) is 0.752. The van der Waals surface area contributed by atoms with Gasteiger partial charge in [-0.1, -0.05) is 17.7 Å². The van der Waals surface area contributed by atoms with Crippen molar-refractivity contribution in [3.05, 3.63) is 29.8 Å². The maximum absolute atomic E-state index is 11.6. The van der Waals surface area contributed by atoms with Crippen LogP contribution >= 0.6 is 0 Å². The van der Waals surface area contributed by atoms with E-state index in [9.17, 15) is 21.4 Å². The zero-order valence-electron chi connectivity index (χ0n) is 9.08. The van der Waals surface area contributed by atoms with Crippen molar-refractivity contribution < 1.29 is 21.4 Å². The number of rotatable bonds is 5. The molecule has 0 spiro atoms. The van der Waals surface area contributed by atoms with Crippen LogP contribution in [0.3, 0.4) is 0 Å². The van der Waals surface area contributed by atoms with Crippen LogP contribution in [0.4, 0.5) is 0 Å². The smallest absolute Gasteiger partial charge is 0.240 e. The lowest BCUT2D eigenvalue weighted by molar-refractivity contribution is 0.462. The summed E-state index contributed by atoms with van der Waals surface area (Å²) in [6.07, 6.45) is 0. The van der Waals surface area contributed by atoms with Crippen molar-refractivity contribution in [3.63, 3.8) is 0 Å². The minimum Gasteiger partial charge on any atom is -0.748 e. The summed E-state index contributed by atoms with van der Waals surface area (Å²) < 4.78 is 56.2. The average Bonchev–Trinajstić information content (AvgIpc) is 2.15. The average molecular weight is 278 g/mol. The van der Waals surface area contributed by atoms with E-state index in [4.69, 9.17) is 0 Å². The number of aryl methyl sites for hydroxylation is 1. The second-order valence-corrected chi connectivity index (χ2v) is 6.76. The summed E-state index contributed by atoms with van der Waals surface area (Å²) in [5, 5.41) is 0. The number of benzene rings is 1. The van der Waals surface area contributed by atoms with E-state index in [2.05, 4.69) is 0 Å². The van der Waals surface area contributed by atoms with Crippen molar-refractivity contribution in [3.8, 4) is 0 Å². The molecule has 0 aliphatic rings. The number of nitrogens with one attached hydrogen (secondary N) is 1. The maximum atomic E-state index is 11.6. The highest BCUT2D eigenvalue weighted by molar-refractivity contribution is 7.89. The first-order valence-corrected chi connectivity index (χ1v) is 7.77. The van der Waals surface area contributed by atoms with Crippen LogP contribution in [0.5, 0.6) is 0 Å². The second-order valence-electron chi connectivity index (χ2n) is 3.47. The molecule has 0 saturated heterocycles. The summed E-state index contributed by atoms with van der Waals surface area (Å²) in [6.45, 7) is 1.38. The van der Waals surface area contributed by atoms with Gasteiger partial charge in [-0.3, -0.25) is 0 Å².